The lowest BCUT2D eigenvalue weighted by Crippen LogP contribution is -2.13. The topological polar surface area (TPSA) is 72.5 Å². The van der Waals surface area contributed by atoms with Crippen LogP contribution in [0.15, 0.2) is 54.9 Å². The van der Waals surface area contributed by atoms with Gasteiger partial charge >= 0.3 is 0 Å². The predicted octanol–water partition coefficient (Wildman–Crippen LogP) is 4.37. The van der Waals surface area contributed by atoms with Crippen molar-refractivity contribution < 1.29 is 23.0 Å². The van der Waals surface area contributed by atoms with Gasteiger partial charge in [0.05, 0.1) is 43.0 Å². The van der Waals surface area contributed by atoms with Crippen molar-refractivity contribution >= 4 is 23.0 Å². The summed E-state index contributed by atoms with van der Waals surface area (Å²) >= 11 is 0. The van der Waals surface area contributed by atoms with E-state index in [0.717, 1.165) is 12.1 Å². The Balaban J connectivity index is 1.81. The van der Waals surface area contributed by atoms with Gasteiger partial charge in [0.1, 0.15) is 23.1 Å². The van der Waals surface area contributed by atoms with Crippen LogP contribution in [0.5, 0.6) is 11.5 Å². The fourth-order valence-electron chi connectivity index (χ4n) is 2.49. The van der Waals surface area contributed by atoms with Crippen LogP contribution in [0.2, 0.25) is 0 Å². The normalized spacial score (nSPS) is 10.3. The van der Waals surface area contributed by atoms with Crippen molar-refractivity contribution in [3.63, 3.8) is 0 Å². The van der Waals surface area contributed by atoms with Gasteiger partial charge in [-0.1, -0.05) is 0 Å². The second-order valence-electron chi connectivity index (χ2n) is 5.73. The van der Waals surface area contributed by atoms with Gasteiger partial charge in [0.2, 0.25) is 0 Å². The molecule has 0 aliphatic rings. The van der Waals surface area contributed by atoms with Crippen LogP contribution >= 0.6 is 0 Å². The van der Waals surface area contributed by atoms with E-state index in [1.54, 1.807) is 31.4 Å². The zero-order valence-electron chi connectivity index (χ0n) is 15.1. The van der Waals surface area contributed by atoms with Crippen LogP contribution < -0.4 is 20.1 Å². The largest absolute Gasteiger partial charge is 0.497 e. The highest BCUT2D eigenvalue weighted by Gasteiger charge is 2.12. The summed E-state index contributed by atoms with van der Waals surface area (Å²) in [6.45, 7) is 0. The first-order valence-corrected chi connectivity index (χ1v) is 8.20. The van der Waals surface area contributed by atoms with E-state index in [2.05, 4.69) is 15.6 Å². The fraction of sp³-hybridized carbons (Fsp3) is 0.100. The molecular formula is C20H17F2N3O3. The van der Waals surface area contributed by atoms with Crippen LogP contribution in [0.4, 0.5) is 25.8 Å². The molecule has 2 aromatic carbocycles. The molecule has 0 aliphatic carbocycles. The van der Waals surface area contributed by atoms with E-state index in [1.807, 2.05) is 0 Å². The molecule has 0 fully saturated rings. The summed E-state index contributed by atoms with van der Waals surface area (Å²) in [6, 6.07) is 9.68. The minimum absolute atomic E-state index is 0.126. The molecule has 0 saturated heterocycles. The third-order valence-electron chi connectivity index (χ3n) is 3.87. The van der Waals surface area contributed by atoms with Gasteiger partial charge in [-0.3, -0.25) is 9.78 Å². The van der Waals surface area contributed by atoms with E-state index in [-0.39, 0.29) is 11.3 Å². The molecule has 6 nitrogen and oxygen atoms in total. The second-order valence-corrected chi connectivity index (χ2v) is 5.73. The number of pyridine rings is 1. The summed E-state index contributed by atoms with van der Waals surface area (Å²) in [7, 11) is 3.08. The number of nitrogens with one attached hydrogen (secondary N) is 2. The summed E-state index contributed by atoms with van der Waals surface area (Å²) in [5.41, 5.74) is 1.19. The summed E-state index contributed by atoms with van der Waals surface area (Å²) < 4.78 is 37.2. The molecule has 2 N–H and O–H groups in total. The van der Waals surface area contributed by atoms with Crippen LogP contribution in [0.3, 0.4) is 0 Å². The molecule has 3 rings (SSSR count). The van der Waals surface area contributed by atoms with E-state index < -0.39 is 17.5 Å². The Labute approximate surface area is 160 Å². The molecule has 0 bridgehead atoms. The van der Waals surface area contributed by atoms with E-state index in [0.29, 0.717) is 28.9 Å². The number of amides is 1. The maximum absolute atomic E-state index is 13.7. The Morgan fingerprint density at radius 2 is 1.79 bits per heavy atom. The van der Waals surface area contributed by atoms with Crippen molar-refractivity contribution in [3.05, 3.63) is 72.1 Å². The van der Waals surface area contributed by atoms with Crippen molar-refractivity contribution in [3.8, 4) is 11.5 Å². The van der Waals surface area contributed by atoms with Crippen molar-refractivity contribution in [1.29, 1.82) is 0 Å². The Morgan fingerprint density at radius 1 is 0.964 bits per heavy atom. The maximum Gasteiger partial charge on any atom is 0.257 e. The summed E-state index contributed by atoms with van der Waals surface area (Å²) in [5, 5.41) is 5.50. The highest BCUT2D eigenvalue weighted by atomic mass is 19.1. The standard InChI is InChI=1S/C20H17F2N3O3/c1-27-15-4-6-19(28-2)18(9-15)24-14-7-12(10-23-11-14)20(26)25-17-5-3-13(21)8-16(17)22/h3-11,24H,1-2H3,(H,25,26). The van der Waals surface area contributed by atoms with Gasteiger partial charge < -0.3 is 20.1 Å². The average molecular weight is 385 g/mol. The average Bonchev–Trinajstić information content (AvgIpc) is 2.70. The lowest BCUT2D eigenvalue weighted by atomic mass is 10.2. The summed E-state index contributed by atoms with van der Waals surface area (Å²) in [4.78, 5) is 16.4. The molecule has 0 aliphatic heterocycles. The van der Waals surface area contributed by atoms with Crippen LogP contribution in [-0.2, 0) is 0 Å². The van der Waals surface area contributed by atoms with Crippen molar-refractivity contribution in [2.75, 3.05) is 24.9 Å². The number of carbonyl (C=O) groups is 1. The monoisotopic (exact) mass is 385 g/mol. The zero-order chi connectivity index (χ0) is 20.1. The van der Waals surface area contributed by atoms with E-state index in [9.17, 15) is 13.6 Å². The zero-order valence-corrected chi connectivity index (χ0v) is 15.1. The third-order valence-corrected chi connectivity index (χ3v) is 3.87. The number of ether oxygens (including phenoxy) is 2. The van der Waals surface area contributed by atoms with Crippen molar-refractivity contribution in [2.24, 2.45) is 0 Å². The summed E-state index contributed by atoms with van der Waals surface area (Å²) in [5.74, 6) is -0.979. The highest BCUT2D eigenvalue weighted by molar-refractivity contribution is 6.04. The van der Waals surface area contributed by atoms with E-state index in [1.165, 1.54) is 19.5 Å². The lowest BCUT2D eigenvalue weighted by molar-refractivity contribution is 0.102. The lowest BCUT2D eigenvalue weighted by Gasteiger charge is -2.13. The van der Waals surface area contributed by atoms with Gasteiger partial charge in [-0.05, 0) is 30.3 Å². The number of hydrogen-bond donors (Lipinski definition) is 2. The molecule has 0 saturated carbocycles. The fourth-order valence-corrected chi connectivity index (χ4v) is 2.49. The molecule has 0 radical (unpaired) electrons. The molecule has 0 unspecified atom stereocenters. The Bertz CT molecular complexity index is 1010. The SMILES string of the molecule is COc1ccc(OC)c(Nc2cncc(C(=O)Nc3ccc(F)cc3F)c2)c1. The van der Waals surface area contributed by atoms with Gasteiger partial charge in [-0.2, -0.15) is 0 Å². The first-order chi connectivity index (χ1) is 13.5. The molecule has 1 aromatic heterocycles. The number of methoxy groups -OCH3 is 2. The molecule has 0 atom stereocenters. The number of aromatic nitrogens is 1. The van der Waals surface area contributed by atoms with Gasteiger partial charge in [0.15, 0.2) is 0 Å². The number of carbonyl (C=O) groups excluding carboxylic acids is 1. The van der Waals surface area contributed by atoms with Crippen molar-refractivity contribution in [2.45, 2.75) is 0 Å². The maximum atomic E-state index is 13.7. The quantitative estimate of drug-likeness (QED) is 0.659. The molecule has 3 aromatic rings. The first kappa shape index (κ1) is 19.1. The molecule has 1 amide bonds. The second kappa shape index (κ2) is 8.34. The first-order valence-electron chi connectivity index (χ1n) is 8.20. The van der Waals surface area contributed by atoms with Gasteiger partial charge in [-0.15, -0.1) is 0 Å². The minimum atomic E-state index is -0.864. The Kier molecular flexibility index (Phi) is 5.69. The van der Waals surface area contributed by atoms with Gasteiger partial charge in [-0.25, -0.2) is 8.78 Å². The molecule has 8 heteroatoms. The Morgan fingerprint density at radius 3 is 2.50 bits per heavy atom. The number of halogens is 2. The van der Waals surface area contributed by atoms with Crippen LogP contribution in [0.25, 0.3) is 0 Å². The van der Waals surface area contributed by atoms with Crippen LogP contribution in [0, 0.1) is 11.6 Å². The number of rotatable bonds is 6. The van der Waals surface area contributed by atoms with E-state index in [4.69, 9.17) is 9.47 Å². The Hall–Kier alpha value is -3.68. The number of nitrogens with zero attached hydrogens (tertiary/aromatic N) is 1. The van der Waals surface area contributed by atoms with Crippen molar-refractivity contribution in [1.82, 2.24) is 4.98 Å². The smallest absolute Gasteiger partial charge is 0.257 e. The van der Waals surface area contributed by atoms with Crippen LogP contribution in [-0.4, -0.2) is 25.1 Å². The van der Waals surface area contributed by atoms with E-state index >= 15 is 0 Å². The minimum Gasteiger partial charge on any atom is -0.497 e. The van der Waals surface area contributed by atoms with Gasteiger partial charge in [0, 0.05) is 18.3 Å². The molecule has 28 heavy (non-hydrogen) atoms. The number of benzene rings is 2. The highest BCUT2D eigenvalue weighted by Crippen LogP contribution is 2.31. The number of anilines is 3. The molecule has 1 heterocycles. The molecule has 0 spiro atoms. The predicted molar refractivity (Wildman–Crippen MR) is 101 cm³/mol. The molecule has 144 valence electrons. The van der Waals surface area contributed by atoms with Crippen LogP contribution in [0.1, 0.15) is 10.4 Å². The van der Waals surface area contributed by atoms with Gasteiger partial charge in [0.25, 0.3) is 5.91 Å². The molecular weight excluding hydrogens is 368 g/mol. The summed E-state index contributed by atoms with van der Waals surface area (Å²) in [6.07, 6.45) is 2.86. The third kappa shape index (κ3) is 4.35. The number of hydrogen-bond acceptors (Lipinski definition) is 5.